The zero-order valence-electron chi connectivity index (χ0n) is 9.36. The van der Waals surface area contributed by atoms with Crippen molar-refractivity contribution in [3.63, 3.8) is 0 Å². The third-order valence-electron chi connectivity index (χ3n) is 2.61. The molecule has 0 aromatic heterocycles. The predicted octanol–water partition coefficient (Wildman–Crippen LogP) is 3.30. The summed E-state index contributed by atoms with van der Waals surface area (Å²) in [6, 6.07) is 9.67. The Kier molecular flexibility index (Phi) is 3.70. The lowest BCUT2D eigenvalue weighted by Crippen LogP contribution is -2.03. The van der Waals surface area contributed by atoms with Crippen LogP contribution in [0, 0.1) is 0 Å². The second-order valence-electron chi connectivity index (χ2n) is 3.86. The molecule has 0 radical (unpaired) electrons. The summed E-state index contributed by atoms with van der Waals surface area (Å²) in [4.78, 5) is 10.8. The third-order valence-corrected chi connectivity index (χ3v) is 2.61. The first kappa shape index (κ1) is 11.6. The van der Waals surface area contributed by atoms with Crippen LogP contribution in [0.5, 0.6) is 0 Å². The van der Waals surface area contributed by atoms with Gasteiger partial charge in [-0.2, -0.15) is 0 Å². The molecule has 0 saturated heterocycles. The number of rotatable bonds is 4. The topological polar surface area (TPSA) is 26.3 Å². The Hall–Kier alpha value is -1.90. The van der Waals surface area contributed by atoms with Gasteiger partial charge in [0.05, 0.1) is 5.57 Å². The van der Waals surface area contributed by atoms with Crippen molar-refractivity contribution < 1.29 is 13.9 Å². The van der Waals surface area contributed by atoms with Crippen molar-refractivity contribution in [2.24, 2.45) is 0 Å². The Morgan fingerprint density at radius 2 is 2.00 bits per heavy atom. The second-order valence-corrected chi connectivity index (χ2v) is 3.86. The van der Waals surface area contributed by atoms with E-state index in [0.717, 1.165) is 5.56 Å². The molecule has 1 aromatic rings. The standard InChI is InChI=1S/C14H13FO2/c15-13-6-7-14(12(8-13)9-16)17-10-11-4-2-1-3-5-11/h1-5,8-9H,6-7,10H2. The van der Waals surface area contributed by atoms with E-state index in [1.807, 2.05) is 30.3 Å². The highest BCUT2D eigenvalue weighted by Gasteiger charge is 2.14. The van der Waals surface area contributed by atoms with Gasteiger partial charge in [0.15, 0.2) is 6.29 Å². The SMILES string of the molecule is O=CC1=C(OCc2ccccc2)CCC(F)=C1. The van der Waals surface area contributed by atoms with Crippen LogP contribution in [0.4, 0.5) is 4.39 Å². The fourth-order valence-electron chi connectivity index (χ4n) is 1.70. The molecular weight excluding hydrogens is 219 g/mol. The number of hydrogen-bond donors (Lipinski definition) is 0. The first-order chi connectivity index (χ1) is 8.29. The zero-order valence-corrected chi connectivity index (χ0v) is 9.36. The largest absolute Gasteiger partial charge is 0.492 e. The van der Waals surface area contributed by atoms with Crippen LogP contribution in [0.3, 0.4) is 0 Å². The van der Waals surface area contributed by atoms with Gasteiger partial charge in [-0.05, 0) is 11.6 Å². The summed E-state index contributed by atoms with van der Waals surface area (Å²) >= 11 is 0. The van der Waals surface area contributed by atoms with E-state index in [2.05, 4.69) is 0 Å². The Bertz CT molecular complexity index is 460. The summed E-state index contributed by atoms with van der Waals surface area (Å²) < 4.78 is 18.5. The van der Waals surface area contributed by atoms with Crippen molar-refractivity contribution in [3.05, 3.63) is 59.1 Å². The van der Waals surface area contributed by atoms with Crippen LogP contribution < -0.4 is 0 Å². The van der Waals surface area contributed by atoms with E-state index < -0.39 is 0 Å². The highest BCUT2D eigenvalue weighted by molar-refractivity contribution is 5.79. The molecule has 17 heavy (non-hydrogen) atoms. The molecule has 0 bridgehead atoms. The lowest BCUT2D eigenvalue weighted by molar-refractivity contribution is -0.104. The molecular formula is C14H13FO2. The van der Waals surface area contributed by atoms with Gasteiger partial charge in [-0.1, -0.05) is 30.3 Å². The Morgan fingerprint density at radius 3 is 2.71 bits per heavy atom. The van der Waals surface area contributed by atoms with Crippen LogP contribution >= 0.6 is 0 Å². The van der Waals surface area contributed by atoms with E-state index in [1.54, 1.807) is 0 Å². The molecule has 0 atom stereocenters. The second kappa shape index (κ2) is 5.43. The summed E-state index contributed by atoms with van der Waals surface area (Å²) in [5.41, 5.74) is 1.34. The van der Waals surface area contributed by atoms with E-state index in [-0.39, 0.29) is 5.83 Å². The van der Waals surface area contributed by atoms with Crippen molar-refractivity contribution in [2.45, 2.75) is 19.4 Å². The van der Waals surface area contributed by atoms with Gasteiger partial charge < -0.3 is 4.74 Å². The zero-order chi connectivity index (χ0) is 12.1. The van der Waals surface area contributed by atoms with Crippen LogP contribution in [0.1, 0.15) is 18.4 Å². The summed E-state index contributed by atoms with van der Waals surface area (Å²) in [6.07, 6.45) is 2.64. The Balaban J connectivity index is 2.06. The van der Waals surface area contributed by atoms with Crippen LogP contribution in [-0.2, 0) is 16.1 Å². The number of aldehydes is 1. The number of carbonyl (C=O) groups excluding carboxylic acids is 1. The van der Waals surface area contributed by atoms with Gasteiger partial charge in [-0.15, -0.1) is 0 Å². The molecule has 2 nitrogen and oxygen atoms in total. The van der Waals surface area contributed by atoms with Crippen LogP contribution in [0.25, 0.3) is 0 Å². The van der Waals surface area contributed by atoms with E-state index in [0.29, 0.717) is 37.1 Å². The molecule has 1 aromatic carbocycles. The van der Waals surface area contributed by atoms with Gasteiger partial charge in [0.1, 0.15) is 18.2 Å². The van der Waals surface area contributed by atoms with Crippen LogP contribution in [0.2, 0.25) is 0 Å². The summed E-state index contributed by atoms with van der Waals surface area (Å²) in [5.74, 6) is 0.310. The lowest BCUT2D eigenvalue weighted by Gasteiger charge is -2.15. The molecule has 0 fully saturated rings. The predicted molar refractivity (Wildman–Crippen MR) is 62.7 cm³/mol. The summed E-state index contributed by atoms with van der Waals surface area (Å²) in [6.45, 7) is 0.406. The molecule has 88 valence electrons. The first-order valence-corrected chi connectivity index (χ1v) is 5.50. The molecule has 1 aliphatic rings. The quantitative estimate of drug-likeness (QED) is 0.744. The summed E-state index contributed by atoms with van der Waals surface area (Å²) in [7, 11) is 0. The van der Waals surface area contributed by atoms with Gasteiger partial charge in [-0.25, -0.2) is 4.39 Å². The van der Waals surface area contributed by atoms with Crippen LogP contribution in [0.15, 0.2) is 53.6 Å². The Morgan fingerprint density at radius 1 is 1.24 bits per heavy atom. The van der Waals surface area contributed by atoms with Gasteiger partial charge in [0.2, 0.25) is 0 Å². The molecule has 0 amide bonds. The molecule has 0 aliphatic heterocycles. The minimum Gasteiger partial charge on any atom is -0.492 e. The Labute approximate surface area is 99.4 Å². The molecule has 0 N–H and O–H groups in total. The van der Waals surface area contributed by atoms with E-state index >= 15 is 0 Å². The maximum absolute atomic E-state index is 13.0. The van der Waals surface area contributed by atoms with Crippen LogP contribution in [-0.4, -0.2) is 6.29 Å². The molecule has 1 aliphatic carbocycles. The average Bonchev–Trinajstić information content (AvgIpc) is 2.38. The highest BCUT2D eigenvalue weighted by atomic mass is 19.1. The number of benzene rings is 1. The minimum absolute atomic E-state index is 0.265. The van der Waals surface area contributed by atoms with E-state index in [9.17, 15) is 9.18 Å². The van der Waals surface area contributed by atoms with E-state index in [1.165, 1.54) is 6.08 Å². The van der Waals surface area contributed by atoms with Crippen molar-refractivity contribution in [3.8, 4) is 0 Å². The monoisotopic (exact) mass is 232 g/mol. The number of ether oxygens (including phenoxy) is 1. The third kappa shape index (κ3) is 3.03. The van der Waals surface area contributed by atoms with Gasteiger partial charge >= 0.3 is 0 Å². The number of halogens is 1. The maximum atomic E-state index is 13.0. The molecule has 0 spiro atoms. The number of hydrogen-bond acceptors (Lipinski definition) is 2. The van der Waals surface area contributed by atoms with Crippen molar-refractivity contribution in [2.75, 3.05) is 0 Å². The van der Waals surface area contributed by atoms with Crippen molar-refractivity contribution in [1.29, 1.82) is 0 Å². The molecule has 0 unspecified atom stereocenters. The van der Waals surface area contributed by atoms with Gasteiger partial charge in [0.25, 0.3) is 0 Å². The molecule has 0 heterocycles. The van der Waals surface area contributed by atoms with Crippen molar-refractivity contribution >= 4 is 6.29 Å². The normalized spacial score (nSPS) is 15.5. The molecule has 3 heteroatoms. The minimum atomic E-state index is -0.265. The average molecular weight is 232 g/mol. The van der Waals surface area contributed by atoms with Gasteiger partial charge in [-0.3, -0.25) is 4.79 Å². The van der Waals surface area contributed by atoms with E-state index in [4.69, 9.17) is 4.74 Å². The fourth-order valence-corrected chi connectivity index (χ4v) is 1.70. The van der Waals surface area contributed by atoms with Gasteiger partial charge in [0, 0.05) is 12.8 Å². The highest BCUT2D eigenvalue weighted by Crippen LogP contribution is 2.25. The number of carbonyl (C=O) groups is 1. The molecule has 2 rings (SSSR count). The van der Waals surface area contributed by atoms with Crippen molar-refractivity contribution in [1.82, 2.24) is 0 Å². The molecule has 0 saturated carbocycles. The first-order valence-electron chi connectivity index (χ1n) is 5.50. The summed E-state index contributed by atoms with van der Waals surface area (Å²) in [5, 5.41) is 0. The fraction of sp³-hybridized carbons (Fsp3) is 0.214. The lowest BCUT2D eigenvalue weighted by atomic mass is 10.1. The maximum Gasteiger partial charge on any atom is 0.153 e. The smallest absolute Gasteiger partial charge is 0.153 e. The number of allylic oxidation sites excluding steroid dienone is 4.